The smallest absolute Gasteiger partial charge is 0.416 e. The van der Waals surface area contributed by atoms with E-state index in [1.165, 1.54) is 0 Å². The van der Waals surface area contributed by atoms with Crippen LogP contribution in [0.25, 0.3) is 0 Å². The second-order valence-corrected chi connectivity index (χ2v) is 6.64. The average Bonchev–Trinajstić information content (AvgIpc) is 2.55. The molecule has 1 unspecified atom stereocenters. The van der Waals surface area contributed by atoms with Crippen LogP contribution in [0, 0.1) is 0 Å². The van der Waals surface area contributed by atoms with Crippen LogP contribution in [0.1, 0.15) is 80.9 Å². The molecular weight excluding hydrogens is 374 g/mol. The monoisotopic (exact) mass is 398 g/mol. The molecule has 1 aromatic carbocycles. The zero-order valence-electron chi connectivity index (χ0n) is 15.1. The fraction of sp³-hybridized carbons (Fsp3) is 0.632. The lowest BCUT2D eigenvalue weighted by atomic mass is 9.90. The number of benzene rings is 1. The number of alkyl halides is 6. The van der Waals surface area contributed by atoms with Gasteiger partial charge in [-0.1, -0.05) is 51.9 Å². The lowest BCUT2D eigenvalue weighted by Crippen LogP contribution is -2.16. The fourth-order valence-electron chi connectivity index (χ4n) is 2.92. The molecule has 154 valence electrons. The van der Waals surface area contributed by atoms with Crippen LogP contribution in [0.4, 0.5) is 26.3 Å². The largest absolute Gasteiger partial charge is 0.481 e. The third-order valence-electron chi connectivity index (χ3n) is 4.41. The summed E-state index contributed by atoms with van der Waals surface area (Å²) >= 11 is 0. The van der Waals surface area contributed by atoms with E-state index < -0.39 is 40.9 Å². The van der Waals surface area contributed by atoms with Crippen LogP contribution in [-0.4, -0.2) is 11.1 Å². The number of rotatable bonds is 10. The predicted octanol–water partition coefficient (Wildman–Crippen LogP) is 7.03. The number of aliphatic carboxylic acids is 1. The van der Waals surface area contributed by atoms with Gasteiger partial charge in [0.15, 0.2) is 0 Å². The first-order valence-corrected chi connectivity index (χ1v) is 8.99. The average molecular weight is 398 g/mol. The molecule has 0 heterocycles. The fourth-order valence-corrected chi connectivity index (χ4v) is 2.92. The highest BCUT2D eigenvalue weighted by Crippen LogP contribution is 2.38. The van der Waals surface area contributed by atoms with Gasteiger partial charge in [-0.2, -0.15) is 26.3 Å². The minimum absolute atomic E-state index is 0.00171. The first kappa shape index (κ1) is 23.3. The van der Waals surface area contributed by atoms with Gasteiger partial charge in [0.2, 0.25) is 0 Å². The molecule has 1 aromatic rings. The van der Waals surface area contributed by atoms with Crippen molar-refractivity contribution < 1.29 is 36.2 Å². The first-order chi connectivity index (χ1) is 12.5. The third kappa shape index (κ3) is 7.81. The maximum absolute atomic E-state index is 12.9. The summed E-state index contributed by atoms with van der Waals surface area (Å²) in [7, 11) is 0. The quantitative estimate of drug-likeness (QED) is 0.339. The second kappa shape index (κ2) is 9.99. The molecule has 2 nitrogen and oxygen atoms in total. The Kier molecular flexibility index (Phi) is 8.62. The highest BCUT2D eigenvalue weighted by molar-refractivity contribution is 5.76. The summed E-state index contributed by atoms with van der Waals surface area (Å²) in [6, 6.07) is 1.03. The number of carboxylic acid groups (broad SMARTS) is 1. The molecular formula is C19H24F6O2. The Labute approximate surface area is 154 Å². The lowest BCUT2D eigenvalue weighted by Gasteiger charge is -2.18. The summed E-state index contributed by atoms with van der Waals surface area (Å²) in [4.78, 5) is 11.5. The Bertz CT molecular complexity index is 575. The molecule has 0 aliphatic rings. The van der Waals surface area contributed by atoms with Crippen LogP contribution >= 0.6 is 0 Å². The number of hydrogen-bond acceptors (Lipinski definition) is 1. The summed E-state index contributed by atoms with van der Waals surface area (Å²) in [6.45, 7) is 2.07. The molecule has 0 bridgehead atoms. The van der Waals surface area contributed by atoms with Crippen molar-refractivity contribution in [2.24, 2.45) is 0 Å². The molecule has 0 spiro atoms. The van der Waals surface area contributed by atoms with Crippen LogP contribution in [0.15, 0.2) is 18.2 Å². The maximum Gasteiger partial charge on any atom is 0.416 e. The molecule has 27 heavy (non-hydrogen) atoms. The van der Waals surface area contributed by atoms with Crippen LogP contribution in [-0.2, 0) is 17.1 Å². The molecule has 0 radical (unpaired) electrons. The second-order valence-electron chi connectivity index (χ2n) is 6.64. The van der Waals surface area contributed by atoms with E-state index in [4.69, 9.17) is 0 Å². The lowest BCUT2D eigenvalue weighted by molar-refractivity contribution is -0.144. The van der Waals surface area contributed by atoms with Gasteiger partial charge in [0.25, 0.3) is 0 Å². The highest BCUT2D eigenvalue weighted by Gasteiger charge is 2.38. The zero-order valence-corrected chi connectivity index (χ0v) is 15.1. The van der Waals surface area contributed by atoms with Gasteiger partial charge < -0.3 is 5.11 Å². The molecule has 0 saturated heterocycles. The maximum atomic E-state index is 12.9. The van der Waals surface area contributed by atoms with Crippen molar-refractivity contribution in [2.45, 2.75) is 76.6 Å². The van der Waals surface area contributed by atoms with Crippen molar-refractivity contribution in [2.75, 3.05) is 0 Å². The minimum Gasteiger partial charge on any atom is -0.481 e. The van der Waals surface area contributed by atoms with E-state index in [1.54, 1.807) is 0 Å². The molecule has 0 saturated carbocycles. The summed E-state index contributed by atoms with van der Waals surface area (Å²) in [5, 5.41) is 9.32. The van der Waals surface area contributed by atoms with E-state index in [0.717, 1.165) is 32.1 Å². The van der Waals surface area contributed by atoms with Gasteiger partial charge in [-0.15, -0.1) is 0 Å². The Morgan fingerprint density at radius 3 is 1.70 bits per heavy atom. The van der Waals surface area contributed by atoms with E-state index in [2.05, 4.69) is 6.92 Å². The third-order valence-corrected chi connectivity index (χ3v) is 4.41. The highest BCUT2D eigenvalue weighted by atomic mass is 19.4. The molecule has 0 aliphatic carbocycles. The van der Waals surface area contributed by atoms with Gasteiger partial charge in [-0.25, -0.2) is 0 Å². The Morgan fingerprint density at radius 2 is 1.30 bits per heavy atom. The Morgan fingerprint density at radius 1 is 0.852 bits per heavy atom. The van der Waals surface area contributed by atoms with Crippen LogP contribution in [0.5, 0.6) is 0 Å². The summed E-state index contributed by atoms with van der Waals surface area (Å²) in [6.07, 6.45) is -3.77. The summed E-state index contributed by atoms with van der Waals surface area (Å²) < 4.78 is 77.6. The van der Waals surface area contributed by atoms with Crippen molar-refractivity contribution in [1.82, 2.24) is 0 Å². The molecule has 1 rings (SSSR count). The van der Waals surface area contributed by atoms with Crippen molar-refractivity contribution in [3.8, 4) is 0 Å². The van der Waals surface area contributed by atoms with Crippen LogP contribution in [0.2, 0.25) is 0 Å². The van der Waals surface area contributed by atoms with E-state index >= 15 is 0 Å². The Hall–Kier alpha value is -1.73. The molecule has 0 amide bonds. The van der Waals surface area contributed by atoms with E-state index in [9.17, 15) is 36.2 Å². The van der Waals surface area contributed by atoms with E-state index in [0.29, 0.717) is 25.0 Å². The van der Waals surface area contributed by atoms with Gasteiger partial charge in [-0.05, 0) is 30.2 Å². The summed E-state index contributed by atoms with van der Waals surface area (Å²) in [5.74, 6) is -2.82. The topological polar surface area (TPSA) is 37.3 Å². The van der Waals surface area contributed by atoms with Gasteiger partial charge >= 0.3 is 18.3 Å². The standard InChI is InChI=1S/C19H24F6O2/c1-2-3-4-5-6-7-8-9-16(17(26)27)13-10-14(18(20,21)22)12-15(11-13)19(23,24)25/h10-12,16H,2-9H2,1H3,(H,26,27). The normalized spacial score (nSPS) is 13.6. The van der Waals surface area contributed by atoms with Crippen LogP contribution in [0.3, 0.4) is 0 Å². The number of halogens is 6. The number of carbonyl (C=O) groups is 1. The number of carboxylic acids is 1. The molecule has 1 atom stereocenters. The van der Waals surface area contributed by atoms with Crippen molar-refractivity contribution >= 4 is 5.97 Å². The SMILES string of the molecule is CCCCCCCCCC(C(=O)O)c1cc(C(F)(F)F)cc(C(F)(F)F)c1. The summed E-state index contributed by atoms with van der Waals surface area (Å²) in [5.41, 5.74) is -3.44. The van der Waals surface area contributed by atoms with Gasteiger partial charge in [-0.3, -0.25) is 4.79 Å². The van der Waals surface area contributed by atoms with Crippen molar-refractivity contribution in [1.29, 1.82) is 0 Å². The minimum atomic E-state index is -4.99. The predicted molar refractivity (Wildman–Crippen MR) is 89.4 cm³/mol. The van der Waals surface area contributed by atoms with Gasteiger partial charge in [0.05, 0.1) is 17.0 Å². The van der Waals surface area contributed by atoms with Crippen molar-refractivity contribution in [3.05, 3.63) is 34.9 Å². The molecule has 1 N–H and O–H groups in total. The van der Waals surface area contributed by atoms with Crippen LogP contribution < -0.4 is 0 Å². The Balaban J connectivity index is 2.94. The molecule has 0 aliphatic heterocycles. The van der Waals surface area contributed by atoms with E-state index in [1.807, 2.05) is 0 Å². The molecule has 8 heteroatoms. The number of hydrogen-bond donors (Lipinski definition) is 1. The molecule has 0 fully saturated rings. The van der Waals surface area contributed by atoms with E-state index in [-0.39, 0.29) is 12.5 Å². The first-order valence-electron chi connectivity index (χ1n) is 8.99. The van der Waals surface area contributed by atoms with Crippen molar-refractivity contribution in [3.63, 3.8) is 0 Å². The number of unbranched alkanes of at least 4 members (excludes halogenated alkanes) is 6. The van der Waals surface area contributed by atoms with Gasteiger partial charge in [0.1, 0.15) is 0 Å². The van der Waals surface area contributed by atoms with Gasteiger partial charge in [0, 0.05) is 0 Å². The zero-order chi connectivity index (χ0) is 20.7. The molecule has 0 aromatic heterocycles.